The Hall–Kier alpha value is -3.14. The summed E-state index contributed by atoms with van der Waals surface area (Å²) in [4.78, 5) is 27.9. The number of benzene rings is 3. The smallest absolute Gasteiger partial charge is 0.264 e. The van der Waals surface area contributed by atoms with Crippen molar-refractivity contribution in [3.8, 4) is 0 Å². The highest BCUT2D eigenvalue weighted by atomic mass is 35.5. The van der Waals surface area contributed by atoms with E-state index < -0.39 is 40.2 Å². The van der Waals surface area contributed by atoms with Crippen LogP contribution in [0.3, 0.4) is 0 Å². The van der Waals surface area contributed by atoms with Gasteiger partial charge in [-0.05, 0) is 54.8 Å². The molecule has 0 radical (unpaired) electrons. The highest BCUT2D eigenvalue weighted by Crippen LogP contribution is 2.28. The fraction of sp³-hybridized carbons (Fsp3) is 0.286. The van der Waals surface area contributed by atoms with Crippen molar-refractivity contribution in [2.75, 3.05) is 17.4 Å². The molecular formula is C28H30Cl2FN3O4S. The lowest BCUT2D eigenvalue weighted by atomic mass is 10.1. The van der Waals surface area contributed by atoms with Crippen LogP contribution in [0.1, 0.15) is 26.3 Å². The van der Waals surface area contributed by atoms with Crippen molar-refractivity contribution in [2.45, 2.75) is 38.3 Å². The van der Waals surface area contributed by atoms with E-state index in [0.29, 0.717) is 17.1 Å². The molecule has 0 spiro atoms. The summed E-state index contributed by atoms with van der Waals surface area (Å²) in [6.07, 6.45) is 0. The van der Waals surface area contributed by atoms with Crippen LogP contribution in [0.4, 0.5) is 10.1 Å². The number of nitrogens with zero attached hydrogens (tertiary/aromatic N) is 2. The third kappa shape index (κ3) is 7.71. The van der Waals surface area contributed by atoms with Gasteiger partial charge in [-0.2, -0.15) is 0 Å². The second-order valence-electron chi connectivity index (χ2n) is 9.35. The van der Waals surface area contributed by atoms with Crippen molar-refractivity contribution in [2.24, 2.45) is 5.92 Å². The maximum absolute atomic E-state index is 14.9. The first-order chi connectivity index (χ1) is 18.4. The van der Waals surface area contributed by atoms with E-state index >= 15 is 0 Å². The lowest BCUT2D eigenvalue weighted by Gasteiger charge is -2.32. The molecule has 3 rings (SSSR count). The fourth-order valence-corrected chi connectivity index (χ4v) is 5.67. The Morgan fingerprint density at radius 1 is 0.949 bits per heavy atom. The summed E-state index contributed by atoms with van der Waals surface area (Å²) < 4.78 is 42.9. The van der Waals surface area contributed by atoms with E-state index in [2.05, 4.69) is 5.32 Å². The molecule has 0 heterocycles. The molecule has 0 saturated heterocycles. The number of carbonyl (C=O) groups is 2. The summed E-state index contributed by atoms with van der Waals surface area (Å²) in [6.45, 7) is 4.92. The zero-order valence-corrected chi connectivity index (χ0v) is 24.1. The van der Waals surface area contributed by atoms with E-state index in [4.69, 9.17) is 23.2 Å². The van der Waals surface area contributed by atoms with Crippen LogP contribution in [0.2, 0.25) is 10.0 Å². The van der Waals surface area contributed by atoms with Gasteiger partial charge < -0.3 is 10.2 Å². The van der Waals surface area contributed by atoms with Crippen LogP contribution in [-0.4, -0.2) is 44.3 Å². The summed E-state index contributed by atoms with van der Waals surface area (Å²) in [5.74, 6) is -1.80. The molecule has 1 unspecified atom stereocenters. The van der Waals surface area contributed by atoms with Crippen LogP contribution < -0.4 is 9.62 Å². The minimum Gasteiger partial charge on any atom is -0.354 e. The number of rotatable bonds is 11. The largest absolute Gasteiger partial charge is 0.354 e. The van der Waals surface area contributed by atoms with Crippen molar-refractivity contribution in [3.63, 3.8) is 0 Å². The summed E-state index contributed by atoms with van der Waals surface area (Å²) in [5.41, 5.74) is 0.206. The molecule has 2 amide bonds. The highest BCUT2D eigenvalue weighted by molar-refractivity contribution is 7.92. The summed E-state index contributed by atoms with van der Waals surface area (Å²) in [5, 5.41) is 3.47. The minimum atomic E-state index is -4.36. The van der Waals surface area contributed by atoms with Gasteiger partial charge in [-0.15, -0.1) is 0 Å². The normalized spacial score (nSPS) is 12.2. The first-order valence-electron chi connectivity index (χ1n) is 12.2. The number of hydrogen-bond donors (Lipinski definition) is 1. The first kappa shape index (κ1) is 30.4. The highest BCUT2D eigenvalue weighted by Gasteiger charge is 2.33. The average molecular weight is 595 g/mol. The number of halogens is 3. The predicted molar refractivity (Wildman–Crippen MR) is 152 cm³/mol. The molecular weight excluding hydrogens is 564 g/mol. The van der Waals surface area contributed by atoms with E-state index in [0.717, 1.165) is 10.4 Å². The molecule has 1 N–H and O–H groups in total. The summed E-state index contributed by atoms with van der Waals surface area (Å²) in [7, 11) is -4.36. The number of nitrogens with one attached hydrogen (secondary N) is 1. The van der Waals surface area contributed by atoms with Crippen molar-refractivity contribution in [1.82, 2.24) is 10.2 Å². The Bertz CT molecular complexity index is 1420. The molecule has 0 aromatic heterocycles. The molecule has 0 saturated carbocycles. The number of para-hydroxylation sites is 1. The SMILES string of the molecule is CC(C)CNC(=O)C(C)N(Cc1ccc(Cl)cc1Cl)C(=O)CN(c1ccccc1F)S(=O)(=O)c1ccccc1. The minimum absolute atomic E-state index is 0.110. The van der Waals surface area contributed by atoms with Crippen molar-refractivity contribution in [1.29, 1.82) is 0 Å². The molecule has 0 aliphatic carbocycles. The summed E-state index contributed by atoms with van der Waals surface area (Å²) in [6, 6.07) is 16.5. The van der Waals surface area contributed by atoms with Crippen LogP contribution in [0, 0.1) is 11.7 Å². The van der Waals surface area contributed by atoms with Gasteiger partial charge in [0, 0.05) is 23.1 Å². The van der Waals surface area contributed by atoms with Crippen LogP contribution in [0.15, 0.2) is 77.7 Å². The second-order valence-corrected chi connectivity index (χ2v) is 12.1. The Labute approximate surface area is 238 Å². The second kappa shape index (κ2) is 13.3. The van der Waals surface area contributed by atoms with Crippen LogP contribution in [0.25, 0.3) is 0 Å². The number of amides is 2. The van der Waals surface area contributed by atoms with Gasteiger partial charge in [-0.25, -0.2) is 12.8 Å². The topological polar surface area (TPSA) is 86.8 Å². The molecule has 3 aromatic carbocycles. The van der Waals surface area contributed by atoms with Crippen molar-refractivity contribution < 1.29 is 22.4 Å². The van der Waals surface area contributed by atoms with Crippen LogP contribution in [-0.2, 0) is 26.2 Å². The average Bonchev–Trinajstić information content (AvgIpc) is 2.90. The Balaban J connectivity index is 2.03. The third-order valence-electron chi connectivity index (χ3n) is 5.94. The van der Waals surface area contributed by atoms with Gasteiger partial charge in [0.2, 0.25) is 11.8 Å². The zero-order chi connectivity index (χ0) is 28.7. The molecule has 208 valence electrons. The molecule has 0 aliphatic rings. The predicted octanol–water partition coefficient (Wildman–Crippen LogP) is 5.52. The Kier molecular flexibility index (Phi) is 10.4. The van der Waals surface area contributed by atoms with E-state index in [1.807, 2.05) is 13.8 Å². The third-order valence-corrected chi connectivity index (χ3v) is 8.30. The molecule has 0 bridgehead atoms. The Morgan fingerprint density at radius 2 is 1.59 bits per heavy atom. The van der Waals surface area contributed by atoms with E-state index in [9.17, 15) is 22.4 Å². The van der Waals surface area contributed by atoms with E-state index in [-0.39, 0.29) is 28.1 Å². The quantitative estimate of drug-likeness (QED) is 0.317. The van der Waals surface area contributed by atoms with Gasteiger partial charge >= 0.3 is 0 Å². The van der Waals surface area contributed by atoms with Crippen LogP contribution >= 0.6 is 23.2 Å². The molecule has 39 heavy (non-hydrogen) atoms. The van der Waals surface area contributed by atoms with E-state index in [1.165, 1.54) is 60.4 Å². The molecule has 3 aromatic rings. The van der Waals surface area contributed by atoms with Crippen LogP contribution in [0.5, 0.6) is 0 Å². The van der Waals surface area contributed by atoms with Gasteiger partial charge in [-0.3, -0.25) is 13.9 Å². The lowest BCUT2D eigenvalue weighted by Crippen LogP contribution is -2.51. The maximum Gasteiger partial charge on any atom is 0.264 e. The molecule has 0 aliphatic heterocycles. The Morgan fingerprint density at radius 3 is 2.21 bits per heavy atom. The molecule has 1 atom stereocenters. The fourth-order valence-electron chi connectivity index (χ4n) is 3.76. The first-order valence-corrected chi connectivity index (χ1v) is 14.4. The van der Waals surface area contributed by atoms with Gasteiger partial charge in [0.15, 0.2) is 0 Å². The summed E-state index contributed by atoms with van der Waals surface area (Å²) >= 11 is 12.4. The molecule has 11 heteroatoms. The van der Waals surface area contributed by atoms with Crippen molar-refractivity contribution >= 4 is 50.7 Å². The number of anilines is 1. The van der Waals surface area contributed by atoms with Gasteiger partial charge in [0.05, 0.1) is 10.6 Å². The lowest BCUT2D eigenvalue weighted by molar-refractivity contribution is -0.139. The number of sulfonamides is 1. The van der Waals surface area contributed by atoms with Gasteiger partial charge in [0.25, 0.3) is 10.0 Å². The number of carbonyl (C=O) groups excluding carboxylic acids is 2. The maximum atomic E-state index is 14.9. The standard InChI is InChI=1S/C28H30Cl2FN3O4S/c1-19(2)16-32-28(36)20(3)33(17-21-13-14-22(29)15-24(21)30)27(35)18-34(26-12-8-7-11-25(26)31)39(37,38)23-9-5-4-6-10-23/h4-15,19-20H,16-18H2,1-3H3,(H,32,36). The molecule has 0 fully saturated rings. The zero-order valence-electron chi connectivity index (χ0n) is 21.8. The van der Waals surface area contributed by atoms with Gasteiger partial charge in [-0.1, -0.05) is 73.4 Å². The number of hydrogen-bond acceptors (Lipinski definition) is 4. The molecule has 7 nitrogen and oxygen atoms in total. The van der Waals surface area contributed by atoms with E-state index in [1.54, 1.807) is 18.2 Å². The van der Waals surface area contributed by atoms with Crippen molar-refractivity contribution in [3.05, 3.63) is 94.2 Å². The van der Waals surface area contributed by atoms with Gasteiger partial charge in [0.1, 0.15) is 18.4 Å². The monoisotopic (exact) mass is 593 g/mol.